The molecule has 0 aromatic heterocycles. The maximum Gasteiger partial charge on any atom is 0.0137 e. The zero-order valence-electron chi connectivity index (χ0n) is 4.65. The van der Waals surface area contributed by atoms with Gasteiger partial charge >= 0.3 is 0 Å². The van der Waals surface area contributed by atoms with Crippen LogP contribution in [-0.4, -0.2) is 6.54 Å². The Morgan fingerprint density at radius 1 is 1.86 bits per heavy atom. The molecule has 1 nitrogen and oxygen atoms in total. The summed E-state index contributed by atoms with van der Waals surface area (Å²) in [5.74, 6) is 0. The van der Waals surface area contributed by atoms with Crippen molar-refractivity contribution < 1.29 is 0 Å². The van der Waals surface area contributed by atoms with Crippen molar-refractivity contribution in [1.82, 2.24) is 0 Å². The van der Waals surface area contributed by atoms with Crippen molar-refractivity contribution in [1.29, 1.82) is 0 Å². The van der Waals surface area contributed by atoms with Crippen molar-refractivity contribution in [3.63, 3.8) is 0 Å². The fourth-order valence-corrected chi connectivity index (χ4v) is 0.269. The lowest BCUT2D eigenvalue weighted by atomic mass is 10.3. The van der Waals surface area contributed by atoms with Crippen molar-refractivity contribution >= 4 is 0 Å². The molecule has 40 valence electrons. The molecule has 0 saturated heterocycles. The molecule has 0 bridgehead atoms. The molecule has 0 aromatic rings. The van der Waals surface area contributed by atoms with Crippen LogP contribution in [0.15, 0.2) is 24.3 Å². The average molecular weight is 97.2 g/mol. The van der Waals surface area contributed by atoms with Gasteiger partial charge in [-0.3, -0.25) is 0 Å². The summed E-state index contributed by atoms with van der Waals surface area (Å²) in [6.07, 6.45) is 3.64. The Bertz CT molecular complexity index is 82.2. The van der Waals surface area contributed by atoms with Gasteiger partial charge in [0.1, 0.15) is 0 Å². The number of hydrogen-bond donors (Lipinski definition) is 1. The molecule has 7 heavy (non-hydrogen) atoms. The first-order chi connectivity index (χ1) is 3.31. The number of hydrogen-bond acceptors (Lipinski definition) is 1. The van der Waals surface area contributed by atoms with Gasteiger partial charge in [-0.1, -0.05) is 24.3 Å². The highest BCUT2D eigenvalue weighted by atomic mass is 14.5. The average Bonchev–Trinajstić information content (AvgIpc) is 1.68. The Kier molecular flexibility index (Phi) is 3.33. The molecule has 0 heterocycles. The zero-order chi connectivity index (χ0) is 5.70. The first-order valence-corrected chi connectivity index (χ1v) is 2.29. The van der Waals surface area contributed by atoms with Crippen molar-refractivity contribution in [2.75, 3.05) is 6.54 Å². The highest BCUT2D eigenvalue weighted by molar-refractivity contribution is 5.08. The number of nitrogens with two attached hydrogens (primary N) is 1. The molecule has 0 rings (SSSR count). The molecule has 0 aliphatic carbocycles. The van der Waals surface area contributed by atoms with E-state index in [1.807, 2.05) is 13.0 Å². The highest BCUT2D eigenvalue weighted by Gasteiger charge is 1.74. The summed E-state index contributed by atoms with van der Waals surface area (Å²) in [4.78, 5) is 0. The van der Waals surface area contributed by atoms with Crippen LogP contribution in [0.1, 0.15) is 6.92 Å². The van der Waals surface area contributed by atoms with E-state index in [0.717, 1.165) is 5.57 Å². The quantitative estimate of drug-likeness (QED) is 0.512. The summed E-state index contributed by atoms with van der Waals surface area (Å²) in [5, 5.41) is 0. The minimum absolute atomic E-state index is 0.631. The first-order valence-electron chi connectivity index (χ1n) is 2.29. The van der Waals surface area contributed by atoms with Crippen LogP contribution >= 0.6 is 0 Å². The van der Waals surface area contributed by atoms with E-state index in [0.29, 0.717) is 6.54 Å². The number of rotatable bonds is 2. The van der Waals surface area contributed by atoms with Crippen molar-refractivity contribution in [2.45, 2.75) is 6.92 Å². The molecule has 0 aromatic carbocycles. The third kappa shape index (κ3) is 3.27. The largest absolute Gasteiger partial charge is 0.327 e. The molecule has 1 heteroatoms. The van der Waals surface area contributed by atoms with Crippen LogP contribution in [0.4, 0.5) is 0 Å². The van der Waals surface area contributed by atoms with Gasteiger partial charge in [-0.05, 0) is 6.92 Å². The van der Waals surface area contributed by atoms with Gasteiger partial charge in [0.2, 0.25) is 0 Å². The fourth-order valence-electron chi connectivity index (χ4n) is 0.269. The van der Waals surface area contributed by atoms with E-state index < -0.39 is 0 Å². The molecule has 2 N–H and O–H groups in total. The summed E-state index contributed by atoms with van der Waals surface area (Å²) >= 11 is 0. The van der Waals surface area contributed by atoms with Crippen LogP contribution in [0.25, 0.3) is 0 Å². The minimum Gasteiger partial charge on any atom is -0.327 e. The summed E-state index contributed by atoms with van der Waals surface area (Å²) in [6.45, 7) is 6.12. The lowest BCUT2D eigenvalue weighted by Crippen LogP contribution is -1.98. The predicted octanol–water partition coefficient (Wildman–Crippen LogP) is 1.08. The molecule has 0 unspecified atom stereocenters. The van der Waals surface area contributed by atoms with E-state index in [1.54, 1.807) is 6.08 Å². The van der Waals surface area contributed by atoms with Gasteiger partial charge in [-0.15, -0.1) is 0 Å². The van der Waals surface area contributed by atoms with Gasteiger partial charge in [0.25, 0.3) is 0 Å². The van der Waals surface area contributed by atoms with Gasteiger partial charge in [-0.25, -0.2) is 0 Å². The van der Waals surface area contributed by atoms with Gasteiger partial charge in [-0.2, -0.15) is 0 Å². The monoisotopic (exact) mass is 97.1 g/mol. The maximum atomic E-state index is 5.24. The summed E-state index contributed by atoms with van der Waals surface area (Å²) in [5.41, 5.74) is 6.40. The number of allylic oxidation sites excluding steroid dienone is 2. The Morgan fingerprint density at radius 2 is 2.43 bits per heavy atom. The minimum atomic E-state index is 0.631. The molecule has 0 spiro atoms. The molecule has 0 amide bonds. The van der Waals surface area contributed by atoms with Crippen LogP contribution < -0.4 is 5.73 Å². The Balaban J connectivity index is 3.49. The third-order valence-corrected chi connectivity index (χ3v) is 0.724. The first kappa shape index (κ1) is 6.44. The van der Waals surface area contributed by atoms with Crippen LogP contribution in [0.5, 0.6) is 0 Å². The second kappa shape index (κ2) is 3.62. The molecule has 0 aliphatic rings. The molecule has 0 aliphatic heterocycles. The molecular formula is C6H11N. The van der Waals surface area contributed by atoms with Crippen LogP contribution in [0, 0.1) is 0 Å². The zero-order valence-corrected chi connectivity index (χ0v) is 4.65. The van der Waals surface area contributed by atoms with E-state index in [4.69, 9.17) is 5.73 Å². The second-order valence-electron chi connectivity index (χ2n) is 1.45. The van der Waals surface area contributed by atoms with Crippen LogP contribution in [-0.2, 0) is 0 Å². The van der Waals surface area contributed by atoms with Gasteiger partial charge < -0.3 is 5.73 Å². The lowest BCUT2D eigenvalue weighted by Gasteiger charge is -1.86. The normalized spacial score (nSPS) is 11.4. The molecule has 0 atom stereocenters. The van der Waals surface area contributed by atoms with Crippen molar-refractivity contribution in [3.8, 4) is 0 Å². The van der Waals surface area contributed by atoms with E-state index in [-0.39, 0.29) is 0 Å². The standard InChI is InChI=1S/C6H11N/c1-3-4-6(2)5-7/h3-4H,1,5,7H2,2H3/b6-4+. The van der Waals surface area contributed by atoms with E-state index in [1.165, 1.54) is 0 Å². The summed E-state index contributed by atoms with van der Waals surface area (Å²) < 4.78 is 0. The smallest absolute Gasteiger partial charge is 0.0137 e. The van der Waals surface area contributed by atoms with E-state index >= 15 is 0 Å². The fraction of sp³-hybridized carbons (Fsp3) is 0.333. The topological polar surface area (TPSA) is 26.0 Å². The second-order valence-corrected chi connectivity index (χ2v) is 1.45. The van der Waals surface area contributed by atoms with E-state index in [2.05, 4.69) is 6.58 Å². The molecule has 0 radical (unpaired) electrons. The van der Waals surface area contributed by atoms with Gasteiger partial charge in [0.15, 0.2) is 0 Å². The van der Waals surface area contributed by atoms with Crippen molar-refractivity contribution in [3.05, 3.63) is 24.3 Å². The van der Waals surface area contributed by atoms with Crippen molar-refractivity contribution in [2.24, 2.45) is 5.73 Å². The lowest BCUT2D eigenvalue weighted by molar-refractivity contribution is 1.14. The van der Waals surface area contributed by atoms with Crippen LogP contribution in [0.2, 0.25) is 0 Å². The Hall–Kier alpha value is -0.560. The van der Waals surface area contributed by atoms with E-state index in [9.17, 15) is 0 Å². The molecule has 0 saturated carbocycles. The van der Waals surface area contributed by atoms with Gasteiger partial charge in [0, 0.05) is 6.54 Å². The van der Waals surface area contributed by atoms with Gasteiger partial charge in [0.05, 0.1) is 0 Å². The highest BCUT2D eigenvalue weighted by Crippen LogP contribution is 1.85. The Labute approximate surface area is 44.5 Å². The predicted molar refractivity (Wildman–Crippen MR) is 33.0 cm³/mol. The SMILES string of the molecule is C=C/C=C(\C)CN. The molecular weight excluding hydrogens is 86.1 g/mol. The summed E-state index contributed by atoms with van der Waals surface area (Å²) in [6, 6.07) is 0. The maximum absolute atomic E-state index is 5.24. The third-order valence-electron chi connectivity index (χ3n) is 0.724. The van der Waals surface area contributed by atoms with Crippen LogP contribution in [0.3, 0.4) is 0 Å². The molecule has 0 fully saturated rings. The Morgan fingerprint density at radius 3 is 2.57 bits per heavy atom. The summed E-state index contributed by atoms with van der Waals surface area (Å²) in [7, 11) is 0.